The molecule has 0 atom stereocenters. The second-order valence-electron chi connectivity index (χ2n) is 8.69. The van der Waals surface area contributed by atoms with Crippen LogP contribution in [0.3, 0.4) is 0 Å². The highest BCUT2D eigenvalue weighted by Gasteiger charge is 2.13. The van der Waals surface area contributed by atoms with Crippen molar-refractivity contribution in [2.45, 2.75) is 90.9 Å². The molecule has 0 aliphatic heterocycles. The first-order chi connectivity index (χ1) is 15.2. The van der Waals surface area contributed by atoms with Crippen LogP contribution < -0.4 is 4.90 Å². The van der Waals surface area contributed by atoms with E-state index in [1.54, 1.807) is 0 Å². The van der Waals surface area contributed by atoms with E-state index in [4.69, 9.17) is 0 Å². The van der Waals surface area contributed by atoms with Crippen molar-refractivity contribution >= 4 is 37.5 Å². The fourth-order valence-electron chi connectivity index (χ4n) is 4.16. The maximum atomic E-state index is 3.74. The SMILES string of the molecule is CCCCCCCCN(CCCCCCCC)c1cc(Br)ccc1-c1ccc(Br)cc1. The lowest BCUT2D eigenvalue weighted by Gasteiger charge is -2.28. The minimum Gasteiger partial charge on any atom is -0.371 e. The predicted octanol–water partition coefficient (Wildman–Crippen LogP) is 10.4. The number of halogens is 2. The van der Waals surface area contributed by atoms with E-state index in [0.29, 0.717) is 0 Å². The Balaban J connectivity index is 2.10. The largest absolute Gasteiger partial charge is 0.371 e. The van der Waals surface area contributed by atoms with Crippen LogP contribution in [-0.4, -0.2) is 13.1 Å². The first-order valence-corrected chi connectivity index (χ1v) is 14.0. The number of hydrogen-bond donors (Lipinski definition) is 0. The molecule has 1 nitrogen and oxygen atoms in total. The van der Waals surface area contributed by atoms with Crippen molar-refractivity contribution in [3.8, 4) is 11.1 Å². The summed E-state index contributed by atoms with van der Waals surface area (Å²) in [6.07, 6.45) is 16.2. The molecule has 3 heteroatoms. The minimum absolute atomic E-state index is 1.13. The molecule has 0 aromatic heterocycles. The molecule has 0 unspecified atom stereocenters. The molecule has 0 saturated carbocycles. The van der Waals surface area contributed by atoms with Crippen molar-refractivity contribution in [1.82, 2.24) is 0 Å². The Bertz CT molecular complexity index is 710. The number of rotatable bonds is 16. The Kier molecular flexibility index (Phi) is 13.6. The molecule has 0 N–H and O–H groups in total. The molecule has 31 heavy (non-hydrogen) atoms. The van der Waals surface area contributed by atoms with Gasteiger partial charge < -0.3 is 4.90 Å². The zero-order valence-corrected chi connectivity index (χ0v) is 22.8. The lowest BCUT2D eigenvalue weighted by Crippen LogP contribution is -2.26. The zero-order chi connectivity index (χ0) is 22.3. The van der Waals surface area contributed by atoms with Gasteiger partial charge in [0.2, 0.25) is 0 Å². The van der Waals surface area contributed by atoms with E-state index in [0.717, 1.165) is 17.6 Å². The Labute approximate surface area is 208 Å². The van der Waals surface area contributed by atoms with Crippen molar-refractivity contribution in [3.63, 3.8) is 0 Å². The summed E-state index contributed by atoms with van der Waals surface area (Å²) in [6, 6.07) is 15.5. The number of anilines is 1. The van der Waals surface area contributed by atoms with Gasteiger partial charge in [-0.1, -0.05) is 128 Å². The van der Waals surface area contributed by atoms with Crippen LogP contribution in [0.1, 0.15) is 90.9 Å². The second kappa shape index (κ2) is 15.9. The summed E-state index contributed by atoms with van der Waals surface area (Å²) in [6.45, 7) is 6.89. The Morgan fingerprint density at radius 3 is 1.61 bits per heavy atom. The van der Waals surface area contributed by atoms with Crippen LogP contribution in [0.25, 0.3) is 11.1 Å². The first kappa shape index (κ1) is 26.5. The van der Waals surface area contributed by atoms with E-state index in [1.165, 1.54) is 98.3 Å². The molecular weight excluding hydrogens is 510 g/mol. The number of hydrogen-bond acceptors (Lipinski definition) is 1. The lowest BCUT2D eigenvalue weighted by molar-refractivity contribution is 0.575. The van der Waals surface area contributed by atoms with E-state index in [9.17, 15) is 0 Å². The quantitative estimate of drug-likeness (QED) is 0.188. The van der Waals surface area contributed by atoms with E-state index in [-0.39, 0.29) is 0 Å². The van der Waals surface area contributed by atoms with Crippen LogP contribution in [0.2, 0.25) is 0 Å². The predicted molar refractivity (Wildman–Crippen MR) is 146 cm³/mol. The van der Waals surface area contributed by atoms with Crippen LogP contribution in [0.15, 0.2) is 51.4 Å². The molecule has 2 aromatic rings. The summed E-state index contributed by atoms with van der Waals surface area (Å²) in [7, 11) is 0. The van der Waals surface area contributed by atoms with Gasteiger partial charge in [0.15, 0.2) is 0 Å². The van der Waals surface area contributed by atoms with Gasteiger partial charge >= 0.3 is 0 Å². The lowest BCUT2D eigenvalue weighted by atomic mass is 10.0. The normalized spacial score (nSPS) is 11.1. The van der Waals surface area contributed by atoms with Crippen LogP contribution in [0, 0.1) is 0 Å². The van der Waals surface area contributed by atoms with Gasteiger partial charge in [-0.15, -0.1) is 0 Å². The fourth-order valence-corrected chi connectivity index (χ4v) is 4.77. The average Bonchev–Trinajstić information content (AvgIpc) is 2.77. The summed E-state index contributed by atoms with van der Waals surface area (Å²) in [5.74, 6) is 0. The third kappa shape index (κ3) is 10.1. The molecule has 0 fully saturated rings. The van der Waals surface area contributed by atoms with E-state index in [1.807, 2.05) is 0 Å². The maximum absolute atomic E-state index is 3.74. The van der Waals surface area contributed by atoms with Crippen molar-refractivity contribution in [1.29, 1.82) is 0 Å². The Morgan fingerprint density at radius 1 is 0.581 bits per heavy atom. The molecule has 0 radical (unpaired) electrons. The highest BCUT2D eigenvalue weighted by atomic mass is 79.9. The molecule has 0 aliphatic rings. The van der Waals surface area contributed by atoms with Crippen LogP contribution in [-0.2, 0) is 0 Å². The van der Waals surface area contributed by atoms with Gasteiger partial charge in [0, 0.05) is 33.3 Å². The van der Waals surface area contributed by atoms with Gasteiger partial charge in [0.25, 0.3) is 0 Å². The van der Waals surface area contributed by atoms with Crippen LogP contribution in [0.4, 0.5) is 5.69 Å². The van der Waals surface area contributed by atoms with Gasteiger partial charge in [-0.05, 0) is 42.7 Å². The molecule has 0 aliphatic carbocycles. The number of benzene rings is 2. The molecule has 0 bridgehead atoms. The molecule has 0 saturated heterocycles. The summed E-state index contributed by atoms with van der Waals surface area (Å²) >= 11 is 7.31. The van der Waals surface area contributed by atoms with Crippen molar-refractivity contribution < 1.29 is 0 Å². The highest BCUT2D eigenvalue weighted by molar-refractivity contribution is 9.10. The van der Waals surface area contributed by atoms with Crippen LogP contribution >= 0.6 is 31.9 Å². The maximum Gasteiger partial charge on any atom is 0.0457 e. The molecule has 0 heterocycles. The van der Waals surface area contributed by atoms with Crippen molar-refractivity contribution in [2.24, 2.45) is 0 Å². The second-order valence-corrected chi connectivity index (χ2v) is 10.5. The molecule has 0 spiro atoms. The first-order valence-electron chi connectivity index (χ1n) is 12.5. The molecule has 2 rings (SSSR count). The summed E-state index contributed by atoms with van der Waals surface area (Å²) in [5, 5.41) is 0. The third-order valence-electron chi connectivity index (χ3n) is 6.02. The minimum atomic E-state index is 1.13. The van der Waals surface area contributed by atoms with Crippen molar-refractivity contribution in [3.05, 3.63) is 51.4 Å². The summed E-state index contributed by atoms with van der Waals surface area (Å²) in [5.41, 5.74) is 4.01. The van der Waals surface area contributed by atoms with Crippen molar-refractivity contribution in [2.75, 3.05) is 18.0 Å². The van der Waals surface area contributed by atoms with E-state index in [2.05, 4.69) is 93.1 Å². The van der Waals surface area contributed by atoms with Gasteiger partial charge in [-0.25, -0.2) is 0 Å². The smallest absolute Gasteiger partial charge is 0.0457 e. The average molecular weight is 551 g/mol. The zero-order valence-electron chi connectivity index (χ0n) is 19.6. The van der Waals surface area contributed by atoms with Crippen LogP contribution in [0.5, 0.6) is 0 Å². The van der Waals surface area contributed by atoms with E-state index >= 15 is 0 Å². The number of nitrogens with zero attached hydrogens (tertiary/aromatic N) is 1. The standard InChI is InChI=1S/C28H41Br2N/c1-3-5-7-9-11-13-21-31(22-14-12-10-8-6-4-2)28-23-26(30)19-20-27(28)24-15-17-25(29)18-16-24/h15-20,23H,3-14,21-22H2,1-2H3. The fraction of sp³-hybridized carbons (Fsp3) is 0.571. The summed E-state index contributed by atoms with van der Waals surface area (Å²) in [4.78, 5) is 2.65. The number of unbranched alkanes of at least 4 members (excludes halogenated alkanes) is 10. The molecule has 0 amide bonds. The molecule has 172 valence electrons. The topological polar surface area (TPSA) is 3.24 Å². The summed E-state index contributed by atoms with van der Waals surface area (Å²) < 4.78 is 2.30. The third-order valence-corrected chi connectivity index (χ3v) is 7.04. The van der Waals surface area contributed by atoms with E-state index < -0.39 is 0 Å². The molecular formula is C28H41Br2N. The Hall–Kier alpha value is -0.800. The molecule has 2 aromatic carbocycles. The monoisotopic (exact) mass is 549 g/mol. The highest BCUT2D eigenvalue weighted by Crippen LogP contribution is 2.34. The van der Waals surface area contributed by atoms with Gasteiger partial charge in [-0.3, -0.25) is 0 Å². The van der Waals surface area contributed by atoms with Gasteiger partial charge in [0.1, 0.15) is 0 Å². The Morgan fingerprint density at radius 2 is 1.06 bits per heavy atom. The van der Waals surface area contributed by atoms with Gasteiger partial charge in [0.05, 0.1) is 0 Å². The van der Waals surface area contributed by atoms with Gasteiger partial charge in [-0.2, -0.15) is 0 Å².